The molecule has 0 spiro atoms. The Kier molecular flexibility index (Phi) is 7.28. The van der Waals surface area contributed by atoms with Crippen LogP contribution in [0, 0.1) is 0 Å². The molecule has 0 bridgehead atoms. The van der Waals surface area contributed by atoms with Gasteiger partial charge in [0.1, 0.15) is 0 Å². The average molecular weight is 434 g/mol. The molecule has 0 aliphatic carbocycles. The van der Waals surface area contributed by atoms with E-state index < -0.39 is 19.8 Å². The van der Waals surface area contributed by atoms with E-state index in [0.717, 1.165) is 11.0 Å². The first kappa shape index (κ1) is 17.4. The maximum Gasteiger partial charge on any atom is 0.0812 e. The molecular weight excluding hydrogens is 415 g/mol. The molecule has 0 unspecified atom stereocenters. The molecule has 4 rings (SSSR count). The Balaban J connectivity index is 0.000000131. The van der Waals surface area contributed by atoms with Crippen LogP contribution in [0.4, 0.5) is 0 Å². The summed E-state index contributed by atoms with van der Waals surface area (Å²) in [5.74, 6) is 0. The summed E-state index contributed by atoms with van der Waals surface area (Å²) in [6.07, 6.45) is 0. The number of para-hydroxylation sites is 2. The number of hydrogen-bond acceptors (Lipinski definition) is 4. The second-order valence-electron chi connectivity index (χ2n) is 5.14. The first-order valence-electron chi connectivity index (χ1n) is 7.00. The van der Waals surface area contributed by atoms with E-state index in [1.54, 1.807) is 22.7 Å². The van der Waals surface area contributed by atoms with Crippen LogP contribution in [0.1, 0.15) is 0 Å². The molecule has 22 heavy (non-hydrogen) atoms. The van der Waals surface area contributed by atoms with Crippen LogP contribution in [-0.4, -0.2) is 29.7 Å². The molecule has 1 radical (unpaired) electrons. The predicted octanol–water partition coefficient (Wildman–Crippen LogP) is 5.96. The molecule has 0 N–H and O–H groups in total. The van der Waals surface area contributed by atoms with Crippen LogP contribution in [-0.2, 0) is 0 Å². The van der Waals surface area contributed by atoms with Crippen molar-refractivity contribution in [1.82, 2.24) is 9.97 Å². The van der Waals surface area contributed by atoms with Crippen LogP contribution < -0.4 is 0 Å². The Hall–Kier alpha value is -0.981. The Morgan fingerprint density at radius 2 is 1.05 bits per heavy atom. The zero-order valence-electron chi connectivity index (χ0n) is 13.0. The smallest absolute Gasteiger partial charge is 0.0812 e. The molecule has 113 valence electrons. The van der Waals surface area contributed by atoms with Gasteiger partial charge in [-0.3, -0.25) is 0 Å². The van der Waals surface area contributed by atoms with Crippen molar-refractivity contribution in [1.29, 1.82) is 0 Å². The summed E-state index contributed by atoms with van der Waals surface area (Å²) in [5.41, 5.74) is 5.93. The third kappa shape index (κ3) is 5.66. The number of thiazole rings is 2. The molecule has 2 heterocycles. The Bertz CT molecular complexity index is 679. The van der Waals surface area contributed by atoms with Gasteiger partial charge in [0.2, 0.25) is 0 Å². The van der Waals surface area contributed by atoms with Crippen LogP contribution in [0.25, 0.3) is 20.4 Å². The molecule has 0 aliphatic rings. The van der Waals surface area contributed by atoms with Gasteiger partial charge in [-0.1, -0.05) is 24.3 Å². The van der Waals surface area contributed by atoms with Crippen molar-refractivity contribution < 1.29 is 0 Å². The third-order valence-corrected chi connectivity index (χ3v) is 4.09. The molecule has 0 amide bonds. The summed E-state index contributed by atoms with van der Waals surface area (Å²) in [5, 5.41) is 0. The number of nitrogens with zero attached hydrogens (tertiary/aromatic N) is 2. The van der Waals surface area contributed by atoms with Gasteiger partial charge >= 0.3 is 34.6 Å². The Morgan fingerprint density at radius 3 is 1.41 bits per heavy atom. The van der Waals surface area contributed by atoms with Crippen molar-refractivity contribution >= 4 is 62.9 Å². The Morgan fingerprint density at radius 1 is 0.682 bits per heavy atom. The molecule has 5 heteroatoms. The summed E-state index contributed by atoms with van der Waals surface area (Å²) in [7, 11) is 0. The van der Waals surface area contributed by atoms with E-state index in [1.165, 1.54) is 9.40 Å². The fourth-order valence-corrected chi connectivity index (χ4v) is 2.96. The van der Waals surface area contributed by atoms with Gasteiger partial charge in [0, 0.05) is 0 Å². The molecule has 0 aliphatic heterocycles. The normalized spacial score (nSPS) is 10.0. The van der Waals surface area contributed by atoms with Gasteiger partial charge in [-0.15, -0.1) is 22.7 Å². The van der Waals surface area contributed by atoms with Crippen LogP contribution in [0.2, 0.25) is 14.8 Å². The van der Waals surface area contributed by atoms with Gasteiger partial charge in [0.05, 0.1) is 31.5 Å². The van der Waals surface area contributed by atoms with Crippen molar-refractivity contribution in [2.75, 3.05) is 0 Å². The van der Waals surface area contributed by atoms with Gasteiger partial charge < -0.3 is 0 Å². The SMILES string of the molecule is [CH3][Sn]([CH3])[CH3].c1ccc2scnc2c1.c1ccc2scnc2c1. The first-order chi connectivity index (χ1) is 10.7. The molecule has 4 aromatic rings. The van der Waals surface area contributed by atoms with E-state index in [9.17, 15) is 0 Å². The topological polar surface area (TPSA) is 25.8 Å². The number of benzene rings is 2. The molecule has 0 atom stereocenters. The van der Waals surface area contributed by atoms with Gasteiger partial charge in [0.15, 0.2) is 0 Å². The van der Waals surface area contributed by atoms with E-state index >= 15 is 0 Å². The standard InChI is InChI=1S/2C7H5NS.3CH3.Sn/c2*1-2-4-7-6(3-1)8-5-9-7;;;;/h2*1-5H;3*1H3;. The molecule has 0 fully saturated rings. The Labute approximate surface area is 146 Å². The van der Waals surface area contributed by atoms with Crippen LogP contribution >= 0.6 is 22.7 Å². The average Bonchev–Trinajstić information content (AvgIpc) is 3.16. The predicted molar refractivity (Wildman–Crippen MR) is 103 cm³/mol. The maximum atomic E-state index is 4.14. The maximum absolute atomic E-state index is 4.14. The molecule has 2 aromatic heterocycles. The van der Waals surface area contributed by atoms with Crippen molar-refractivity contribution in [3.63, 3.8) is 0 Å². The largest absolute Gasteiger partial charge is 0.245 e. The van der Waals surface area contributed by atoms with Crippen molar-refractivity contribution in [2.45, 2.75) is 14.8 Å². The van der Waals surface area contributed by atoms with E-state index in [-0.39, 0.29) is 0 Å². The minimum absolute atomic E-state index is 0.543. The van der Waals surface area contributed by atoms with Crippen LogP contribution in [0.5, 0.6) is 0 Å². The van der Waals surface area contributed by atoms with Crippen LogP contribution in [0.3, 0.4) is 0 Å². The minimum Gasteiger partial charge on any atom is -0.245 e. The zero-order valence-corrected chi connectivity index (χ0v) is 17.5. The minimum atomic E-state index is -0.543. The second-order valence-corrected chi connectivity index (χ2v) is 15.5. The van der Waals surface area contributed by atoms with Crippen LogP contribution in [0.15, 0.2) is 59.6 Å². The van der Waals surface area contributed by atoms with E-state index in [1.807, 2.05) is 47.4 Å². The molecule has 0 saturated carbocycles. The summed E-state index contributed by atoms with van der Waals surface area (Å²) in [4.78, 5) is 15.4. The van der Waals surface area contributed by atoms with Gasteiger partial charge in [-0.2, -0.15) is 0 Å². The molecule has 2 nitrogen and oxygen atoms in total. The monoisotopic (exact) mass is 435 g/mol. The number of rotatable bonds is 0. The number of hydrogen-bond donors (Lipinski definition) is 0. The number of aromatic nitrogens is 2. The molecular formula is C17H19N2S2Sn. The summed E-state index contributed by atoms with van der Waals surface area (Å²) in [6, 6.07) is 16.3. The van der Waals surface area contributed by atoms with Crippen molar-refractivity contribution in [3.8, 4) is 0 Å². The molecule has 2 aromatic carbocycles. The third-order valence-electron chi connectivity index (χ3n) is 2.47. The summed E-state index contributed by atoms with van der Waals surface area (Å²) >= 11 is 2.81. The fourth-order valence-electron chi connectivity index (χ4n) is 1.61. The quantitative estimate of drug-likeness (QED) is 0.319. The van der Waals surface area contributed by atoms with Gasteiger partial charge in [0.25, 0.3) is 0 Å². The first-order valence-corrected chi connectivity index (χ1v) is 17.3. The second kappa shape index (κ2) is 9.22. The van der Waals surface area contributed by atoms with Crippen molar-refractivity contribution in [3.05, 3.63) is 59.6 Å². The fraction of sp³-hybridized carbons (Fsp3) is 0.176. The zero-order chi connectivity index (χ0) is 15.8. The van der Waals surface area contributed by atoms with E-state index in [2.05, 4.69) is 36.9 Å². The summed E-state index contributed by atoms with van der Waals surface area (Å²) in [6.45, 7) is 0. The van der Waals surface area contributed by atoms with Gasteiger partial charge in [-0.05, 0) is 24.3 Å². The van der Waals surface area contributed by atoms with E-state index in [0.29, 0.717) is 0 Å². The van der Waals surface area contributed by atoms with Crippen molar-refractivity contribution in [2.24, 2.45) is 0 Å². The van der Waals surface area contributed by atoms with Gasteiger partial charge in [-0.25, -0.2) is 9.97 Å². The summed E-state index contributed by atoms with van der Waals surface area (Å²) < 4.78 is 2.52. The molecule has 0 saturated heterocycles. The number of fused-ring (bicyclic) bond motifs is 2. The van der Waals surface area contributed by atoms with E-state index in [4.69, 9.17) is 0 Å².